The van der Waals surface area contributed by atoms with Crippen LogP contribution >= 0.6 is 12.2 Å². The lowest BCUT2D eigenvalue weighted by Crippen LogP contribution is -2.46. The first kappa shape index (κ1) is 24.1. The number of hydrogen-bond donors (Lipinski definition) is 1. The zero-order valence-electron chi connectivity index (χ0n) is 20.3. The lowest BCUT2D eigenvalue weighted by molar-refractivity contribution is 0.141. The van der Waals surface area contributed by atoms with E-state index in [1.807, 2.05) is 19.1 Å². The molecular formula is C27H32N4O2S. The van der Waals surface area contributed by atoms with Gasteiger partial charge in [-0.2, -0.15) is 4.98 Å². The second-order valence-electron chi connectivity index (χ2n) is 8.47. The van der Waals surface area contributed by atoms with Crippen LogP contribution in [0, 0.1) is 6.92 Å². The van der Waals surface area contributed by atoms with Gasteiger partial charge in [-0.3, -0.25) is 0 Å². The highest BCUT2D eigenvalue weighted by Crippen LogP contribution is 2.37. The Morgan fingerprint density at radius 3 is 2.47 bits per heavy atom. The zero-order chi connectivity index (χ0) is 24.1. The standard InChI is InChI=1S/C27H32N4O2S/c1-5-20-10-14-22(15-11-20)25-29-26(33-30-25)23-19(4)31(16-7-17-32-6-2)27(34)28-24(23)21-12-8-18(3)9-13-21/h8-15,24H,5-7,16-17H2,1-4H3,(H,28,34). The monoisotopic (exact) mass is 476 g/mol. The number of hydrogen-bond acceptors (Lipinski definition) is 5. The van der Waals surface area contributed by atoms with Crippen molar-refractivity contribution in [2.75, 3.05) is 19.8 Å². The Bertz CT molecular complexity index is 1150. The molecule has 2 aromatic carbocycles. The second-order valence-corrected chi connectivity index (χ2v) is 8.85. The Balaban J connectivity index is 1.71. The van der Waals surface area contributed by atoms with Crippen LogP contribution in [0.15, 0.2) is 58.8 Å². The third kappa shape index (κ3) is 5.21. The fourth-order valence-corrected chi connectivity index (χ4v) is 4.49. The number of rotatable bonds is 9. The number of thiocarbonyl (C=S) groups is 1. The summed E-state index contributed by atoms with van der Waals surface area (Å²) < 4.78 is 11.4. The van der Waals surface area contributed by atoms with Crippen LogP contribution < -0.4 is 5.32 Å². The van der Waals surface area contributed by atoms with Gasteiger partial charge in [0.15, 0.2) is 5.11 Å². The number of aryl methyl sites for hydroxylation is 2. The van der Waals surface area contributed by atoms with Gasteiger partial charge in [-0.1, -0.05) is 66.2 Å². The van der Waals surface area contributed by atoms with Crippen LogP contribution in [-0.4, -0.2) is 39.9 Å². The molecule has 0 aliphatic carbocycles. The molecule has 0 saturated carbocycles. The third-order valence-corrected chi connectivity index (χ3v) is 6.50. The van der Waals surface area contributed by atoms with Gasteiger partial charge in [0.1, 0.15) is 0 Å². The average molecular weight is 477 g/mol. The summed E-state index contributed by atoms with van der Waals surface area (Å²) >= 11 is 5.77. The van der Waals surface area contributed by atoms with Gasteiger partial charge in [-0.05, 0) is 57.0 Å². The van der Waals surface area contributed by atoms with Gasteiger partial charge in [0.25, 0.3) is 5.89 Å². The van der Waals surface area contributed by atoms with Crippen molar-refractivity contribution in [2.45, 2.75) is 46.6 Å². The first-order valence-corrected chi connectivity index (χ1v) is 12.3. The molecule has 0 spiro atoms. The Morgan fingerprint density at radius 1 is 1.06 bits per heavy atom. The summed E-state index contributed by atoms with van der Waals surface area (Å²) in [7, 11) is 0. The Labute approximate surface area is 207 Å². The summed E-state index contributed by atoms with van der Waals surface area (Å²) in [5.74, 6) is 1.08. The minimum Gasteiger partial charge on any atom is -0.382 e. The van der Waals surface area contributed by atoms with Crippen molar-refractivity contribution >= 4 is 22.9 Å². The summed E-state index contributed by atoms with van der Waals surface area (Å²) in [4.78, 5) is 6.91. The van der Waals surface area contributed by atoms with Gasteiger partial charge >= 0.3 is 0 Å². The van der Waals surface area contributed by atoms with Crippen molar-refractivity contribution in [3.05, 3.63) is 76.8 Å². The fraction of sp³-hybridized carbons (Fsp3) is 0.370. The molecule has 0 fully saturated rings. The lowest BCUT2D eigenvalue weighted by atomic mass is 9.94. The van der Waals surface area contributed by atoms with E-state index in [0.717, 1.165) is 41.8 Å². The van der Waals surface area contributed by atoms with Crippen LogP contribution in [0.1, 0.15) is 55.8 Å². The van der Waals surface area contributed by atoms with Crippen LogP contribution in [-0.2, 0) is 11.2 Å². The van der Waals surface area contributed by atoms with Gasteiger partial charge < -0.3 is 19.5 Å². The highest BCUT2D eigenvalue weighted by molar-refractivity contribution is 7.80. The minimum atomic E-state index is -0.174. The van der Waals surface area contributed by atoms with Crippen LogP contribution in [0.25, 0.3) is 17.0 Å². The summed E-state index contributed by atoms with van der Waals surface area (Å²) in [6.45, 7) is 10.5. The quantitative estimate of drug-likeness (QED) is 0.314. The molecule has 1 aromatic heterocycles. The summed E-state index contributed by atoms with van der Waals surface area (Å²) in [6, 6.07) is 16.6. The Kier molecular flexibility index (Phi) is 7.75. The number of allylic oxidation sites excluding steroid dienone is 1. The molecule has 4 rings (SSSR count). The molecule has 1 N–H and O–H groups in total. The van der Waals surface area contributed by atoms with Gasteiger partial charge in [0, 0.05) is 31.0 Å². The third-order valence-electron chi connectivity index (χ3n) is 6.16. The van der Waals surface area contributed by atoms with E-state index in [1.165, 1.54) is 11.1 Å². The van der Waals surface area contributed by atoms with E-state index >= 15 is 0 Å². The highest BCUT2D eigenvalue weighted by atomic mass is 32.1. The minimum absolute atomic E-state index is 0.174. The van der Waals surface area contributed by atoms with Gasteiger partial charge in [-0.25, -0.2) is 0 Å². The highest BCUT2D eigenvalue weighted by Gasteiger charge is 2.33. The molecule has 1 aliphatic rings. The van der Waals surface area contributed by atoms with E-state index in [0.29, 0.717) is 30.0 Å². The largest absolute Gasteiger partial charge is 0.382 e. The smallest absolute Gasteiger partial charge is 0.258 e. The zero-order valence-corrected chi connectivity index (χ0v) is 21.1. The topological polar surface area (TPSA) is 63.4 Å². The van der Waals surface area contributed by atoms with Crippen molar-refractivity contribution in [2.24, 2.45) is 0 Å². The number of nitrogens with zero attached hydrogens (tertiary/aromatic N) is 3. The number of aromatic nitrogens is 2. The number of nitrogens with one attached hydrogen (secondary N) is 1. The molecule has 1 atom stereocenters. The fourth-order valence-electron chi connectivity index (χ4n) is 4.15. The van der Waals surface area contributed by atoms with E-state index < -0.39 is 0 Å². The molecule has 0 bridgehead atoms. The van der Waals surface area contributed by atoms with Crippen molar-refractivity contribution in [3.63, 3.8) is 0 Å². The number of benzene rings is 2. The van der Waals surface area contributed by atoms with Gasteiger partial charge in [0.2, 0.25) is 5.82 Å². The van der Waals surface area contributed by atoms with Gasteiger partial charge in [0.05, 0.1) is 11.6 Å². The van der Waals surface area contributed by atoms with E-state index in [1.54, 1.807) is 0 Å². The first-order chi connectivity index (χ1) is 16.5. The molecule has 0 radical (unpaired) electrons. The van der Waals surface area contributed by atoms with E-state index in [4.69, 9.17) is 26.5 Å². The molecule has 2 heterocycles. The molecule has 178 valence electrons. The molecule has 1 aliphatic heterocycles. The van der Waals surface area contributed by atoms with Crippen molar-refractivity contribution in [1.82, 2.24) is 20.4 Å². The Morgan fingerprint density at radius 2 is 1.79 bits per heavy atom. The molecule has 0 amide bonds. The maximum absolute atomic E-state index is 5.83. The molecule has 6 nitrogen and oxygen atoms in total. The van der Waals surface area contributed by atoms with Crippen molar-refractivity contribution in [3.8, 4) is 11.4 Å². The van der Waals surface area contributed by atoms with E-state index in [9.17, 15) is 0 Å². The van der Waals surface area contributed by atoms with Crippen LogP contribution in [0.3, 0.4) is 0 Å². The maximum Gasteiger partial charge on any atom is 0.258 e. The molecule has 3 aromatic rings. The summed E-state index contributed by atoms with van der Waals surface area (Å²) in [6.07, 6.45) is 1.86. The predicted molar refractivity (Wildman–Crippen MR) is 139 cm³/mol. The second kappa shape index (κ2) is 10.9. The van der Waals surface area contributed by atoms with Crippen molar-refractivity contribution in [1.29, 1.82) is 0 Å². The van der Waals surface area contributed by atoms with Crippen LogP contribution in [0.4, 0.5) is 0 Å². The lowest BCUT2D eigenvalue weighted by Gasteiger charge is -2.37. The average Bonchev–Trinajstić information content (AvgIpc) is 3.33. The maximum atomic E-state index is 5.83. The normalized spacial score (nSPS) is 16.2. The molecule has 7 heteroatoms. The van der Waals surface area contributed by atoms with Crippen LogP contribution in [0.2, 0.25) is 0 Å². The van der Waals surface area contributed by atoms with E-state index in [2.05, 4.69) is 72.5 Å². The van der Waals surface area contributed by atoms with Crippen LogP contribution in [0.5, 0.6) is 0 Å². The van der Waals surface area contributed by atoms with E-state index in [-0.39, 0.29) is 6.04 Å². The Hall–Kier alpha value is -3.03. The first-order valence-electron chi connectivity index (χ1n) is 11.9. The summed E-state index contributed by atoms with van der Waals surface area (Å²) in [5, 5.41) is 8.51. The SMILES string of the molecule is CCOCCCN1C(=S)NC(c2ccc(C)cc2)C(c2nc(-c3ccc(CC)cc3)no2)=C1C. The predicted octanol–water partition coefficient (Wildman–Crippen LogP) is 5.70. The molecule has 1 unspecified atom stereocenters. The molecular weight excluding hydrogens is 444 g/mol. The van der Waals surface area contributed by atoms with Crippen molar-refractivity contribution < 1.29 is 9.26 Å². The molecule has 34 heavy (non-hydrogen) atoms. The molecule has 0 saturated heterocycles. The number of ether oxygens (including phenoxy) is 1. The van der Waals surface area contributed by atoms with Gasteiger partial charge in [-0.15, -0.1) is 0 Å². The summed E-state index contributed by atoms with van der Waals surface area (Å²) in [5.41, 5.74) is 6.48.